The first kappa shape index (κ1) is 12.9. The zero-order chi connectivity index (χ0) is 13.7. The largest absolute Gasteiger partial charge is 0.504 e. The average Bonchev–Trinajstić information content (AvgIpc) is 2.42. The molecular formula is C14H14N2O3. The lowest BCUT2D eigenvalue weighted by Gasteiger charge is -2.06. The van der Waals surface area contributed by atoms with Crippen LogP contribution in [0.15, 0.2) is 42.7 Å². The molecule has 2 aromatic rings. The Kier molecular flexibility index (Phi) is 3.97. The molecule has 1 aromatic heterocycles. The number of amides is 1. The zero-order valence-electron chi connectivity index (χ0n) is 10.2. The van der Waals surface area contributed by atoms with E-state index < -0.39 is 0 Å². The molecule has 0 unspecified atom stereocenters. The van der Waals surface area contributed by atoms with Gasteiger partial charge in [0.2, 0.25) is 5.91 Å². The van der Waals surface area contributed by atoms with Crippen LogP contribution in [0.25, 0.3) is 0 Å². The third-order valence-corrected chi connectivity index (χ3v) is 2.64. The van der Waals surface area contributed by atoms with Crippen molar-refractivity contribution in [1.29, 1.82) is 0 Å². The number of nitrogens with zero attached hydrogens (tertiary/aromatic N) is 1. The molecule has 5 heteroatoms. The summed E-state index contributed by atoms with van der Waals surface area (Å²) in [5.41, 5.74) is 1.61. The van der Waals surface area contributed by atoms with Gasteiger partial charge >= 0.3 is 0 Å². The highest BCUT2D eigenvalue weighted by Gasteiger charge is 2.06. The normalized spacial score (nSPS) is 10.1. The van der Waals surface area contributed by atoms with Crippen LogP contribution in [0.1, 0.15) is 11.1 Å². The Morgan fingerprint density at radius 1 is 1.05 bits per heavy atom. The summed E-state index contributed by atoms with van der Waals surface area (Å²) < 4.78 is 0. The molecule has 3 N–H and O–H groups in total. The van der Waals surface area contributed by atoms with E-state index in [9.17, 15) is 15.0 Å². The van der Waals surface area contributed by atoms with Crippen LogP contribution in [0.3, 0.4) is 0 Å². The molecule has 19 heavy (non-hydrogen) atoms. The number of phenols is 2. The molecule has 1 heterocycles. The fourth-order valence-electron chi connectivity index (χ4n) is 1.63. The van der Waals surface area contributed by atoms with Gasteiger partial charge in [0.1, 0.15) is 0 Å². The van der Waals surface area contributed by atoms with E-state index in [1.165, 1.54) is 12.1 Å². The number of aromatic nitrogens is 1. The van der Waals surface area contributed by atoms with Gasteiger partial charge in [-0.3, -0.25) is 9.78 Å². The van der Waals surface area contributed by atoms with E-state index in [0.717, 1.165) is 5.56 Å². The minimum absolute atomic E-state index is 0.151. The SMILES string of the molecule is O=C(Cc1ccc(O)c(O)c1)NCc1ccncc1. The van der Waals surface area contributed by atoms with Crippen LogP contribution in [0, 0.1) is 0 Å². The summed E-state index contributed by atoms with van der Waals surface area (Å²) in [5, 5.41) is 21.3. The monoisotopic (exact) mass is 258 g/mol. The number of benzene rings is 1. The molecule has 0 fully saturated rings. The Hall–Kier alpha value is -2.56. The van der Waals surface area contributed by atoms with Crippen LogP contribution in [0.4, 0.5) is 0 Å². The quantitative estimate of drug-likeness (QED) is 0.723. The van der Waals surface area contributed by atoms with Crippen LogP contribution in [-0.2, 0) is 17.8 Å². The molecule has 1 amide bonds. The molecule has 0 atom stereocenters. The van der Waals surface area contributed by atoms with Crippen molar-refractivity contribution in [3.63, 3.8) is 0 Å². The summed E-state index contributed by atoms with van der Waals surface area (Å²) in [6.07, 6.45) is 3.48. The Morgan fingerprint density at radius 2 is 1.79 bits per heavy atom. The summed E-state index contributed by atoms with van der Waals surface area (Å²) in [6.45, 7) is 0.436. The summed E-state index contributed by atoms with van der Waals surface area (Å²) in [5.74, 6) is -0.567. The van der Waals surface area contributed by atoms with E-state index in [-0.39, 0.29) is 23.8 Å². The maximum atomic E-state index is 11.7. The molecule has 0 aliphatic carbocycles. The molecule has 0 spiro atoms. The molecule has 0 bridgehead atoms. The molecule has 0 aliphatic rings. The average molecular weight is 258 g/mol. The first-order chi connectivity index (χ1) is 9.15. The van der Waals surface area contributed by atoms with E-state index in [2.05, 4.69) is 10.3 Å². The van der Waals surface area contributed by atoms with Crippen molar-refractivity contribution < 1.29 is 15.0 Å². The second kappa shape index (κ2) is 5.86. The van der Waals surface area contributed by atoms with Gasteiger partial charge in [-0.2, -0.15) is 0 Å². The van der Waals surface area contributed by atoms with Gasteiger partial charge in [-0.1, -0.05) is 6.07 Å². The number of nitrogens with one attached hydrogen (secondary N) is 1. The third kappa shape index (κ3) is 3.70. The first-order valence-electron chi connectivity index (χ1n) is 5.81. The van der Waals surface area contributed by atoms with Gasteiger partial charge in [0.15, 0.2) is 11.5 Å². The van der Waals surface area contributed by atoms with Gasteiger partial charge in [-0.05, 0) is 35.4 Å². The number of aromatic hydroxyl groups is 2. The van der Waals surface area contributed by atoms with Crippen molar-refractivity contribution >= 4 is 5.91 Å². The van der Waals surface area contributed by atoms with Gasteiger partial charge < -0.3 is 15.5 Å². The van der Waals surface area contributed by atoms with Gasteiger partial charge in [0.25, 0.3) is 0 Å². The molecule has 0 saturated heterocycles. The van der Waals surface area contributed by atoms with E-state index in [4.69, 9.17) is 0 Å². The molecule has 1 aromatic carbocycles. The van der Waals surface area contributed by atoms with E-state index in [1.54, 1.807) is 18.5 Å². The van der Waals surface area contributed by atoms with Crippen LogP contribution in [-0.4, -0.2) is 21.1 Å². The lowest BCUT2D eigenvalue weighted by atomic mass is 10.1. The number of rotatable bonds is 4. The fourth-order valence-corrected chi connectivity index (χ4v) is 1.63. The highest BCUT2D eigenvalue weighted by atomic mass is 16.3. The third-order valence-electron chi connectivity index (χ3n) is 2.64. The van der Waals surface area contributed by atoms with Gasteiger partial charge in [0.05, 0.1) is 6.42 Å². The lowest BCUT2D eigenvalue weighted by molar-refractivity contribution is -0.120. The lowest BCUT2D eigenvalue weighted by Crippen LogP contribution is -2.24. The summed E-state index contributed by atoms with van der Waals surface area (Å²) >= 11 is 0. The van der Waals surface area contributed by atoms with Crippen molar-refractivity contribution in [3.05, 3.63) is 53.9 Å². The molecule has 2 rings (SSSR count). The van der Waals surface area contributed by atoms with Gasteiger partial charge in [-0.15, -0.1) is 0 Å². The van der Waals surface area contributed by atoms with Crippen molar-refractivity contribution in [2.75, 3.05) is 0 Å². The van der Waals surface area contributed by atoms with Crippen molar-refractivity contribution in [2.45, 2.75) is 13.0 Å². The Labute approximate surface area is 110 Å². The van der Waals surface area contributed by atoms with Gasteiger partial charge in [0, 0.05) is 18.9 Å². The van der Waals surface area contributed by atoms with Crippen molar-refractivity contribution in [2.24, 2.45) is 0 Å². The standard InChI is InChI=1S/C14H14N2O3/c17-12-2-1-11(7-13(12)18)8-14(19)16-9-10-3-5-15-6-4-10/h1-7,17-18H,8-9H2,(H,16,19). The number of hydrogen-bond acceptors (Lipinski definition) is 4. The molecule has 0 aliphatic heterocycles. The van der Waals surface area contributed by atoms with Crippen LogP contribution < -0.4 is 5.32 Å². The van der Waals surface area contributed by atoms with Crippen molar-refractivity contribution in [1.82, 2.24) is 10.3 Å². The predicted octanol–water partition coefficient (Wildman–Crippen LogP) is 1.35. The molecule has 98 valence electrons. The number of carbonyl (C=O) groups is 1. The Balaban J connectivity index is 1.89. The van der Waals surface area contributed by atoms with E-state index in [0.29, 0.717) is 12.1 Å². The summed E-state index contributed by atoms with van der Waals surface area (Å²) in [7, 11) is 0. The maximum Gasteiger partial charge on any atom is 0.224 e. The van der Waals surface area contributed by atoms with Crippen LogP contribution >= 0.6 is 0 Å². The van der Waals surface area contributed by atoms with Crippen LogP contribution in [0.2, 0.25) is 0 Å². The fraction of sp³-hybridized carbons (Fsp3) is 0.143. The Morgan fingerprint density at radius 3 is 2.47 bits per heavy atom. The highest BCUT2D eigenvalue weighted by Crippen LogP contribution is 2.24. The summed E-state index contributed by atoms with van der Waals surface area (Å²) in [4.78, 5) is 15.6. The number of pyridine rings is 1. The predicted molar refractivity (Wildman–Crippen MR) is 69.6 cm³/mol. The topological polar surface area (TPSA) is 82.5 Å². The second-order valence-electron chi connectivity index (χ2n) is 4.13. The van der Waals surface area contributed by atoms with E-state index >= 15 is 0 Å². The molecule has 0 saturated carbocycles. The number of phenolic OH excluding ortho intramolecular Hbond substituents is 2. The minimum Gasteiger partial charge on any atom is -0.504 e. The summed E-state index contributed by atoms with van der Waals surface area (Å²) in [6, 6.07) is 7.99. The zero-order valence-corrected chi connectivity index (χ0v) is 10.2. The number of carbonyl (C=O) groups excluding carboxylic acids is 1. The minimum atomic E-state index is -0.223. The molecule has 5 nitrogen and oxygen atoms in total. The second-order valence-corrected chi connectivity index (χ2v) is 4.13. The highest BCUT2D eigenvalue weighted by molar-refractivity contribution is 5.78. The van der Waals surface area contributed by atoms with E-state index in [1.807, 2.05) is 12.1 Å². The maximum absolute atomic E-state index is 11.7. The first-order valence-corrected chi connectivity index (χ1v) is 5.81. The molecular weight excluding hydrogens is 244 g/mol. The number of hydrogen-bond donors (Lipinski definition) is 3. The molecule has 0 radical (unpaired) electrons. The van der Waals surface area contributed by atoms with Gasteiger partial charge in [-0.25, -0.2) is 0 Å². The van der Waals surface area contributed by atoms with Crippen LogP contribution in [0.5, 0.6) is 11.5 Å². The van der Waals surface area contributed by atoms with Crippen molar-refractivity contribution in [3.8, 4) is 11.5 Å². The Bertz CT molecular complexity index is 570. The smallest absolute Gasteiger partial charge is 0.224 e.